The molecule has 0 saturated heterocycles. The summed E-state index contributed by atoms with van der Waals surface area (Å²) < 4.78 is 67.8. The first-order valence-electron chi connectivity index (χ1n) is 8.93. The Hall–Kier alpha value is -1.61. The van der Waals surface area contributed by atoms with Gasteiger partial charge in [-0.3, -0.25) is 0 Å². The van der Waals surface area contributed by atoms with Gasteiger partial charge in [0.15, 0.2) is 17.5 Å². The molecule has 9 nitrogen and oxygen atoms in total. The van der Waals surface area contributed by atoms with Crippen LogP contribution in [0.25, 0.3) is 0 Å². The summed E-state index contributed by atoms with van der Waals surface area (Å²) in [6, 6.07) is 2.91. The van der Waals surface area contributed by atoms with E-state index in [0.29, 0.717) is 36.1 Å². The molecule has 0 saturated carbocycles. The zero-order valence-corrected chi connectivity index (χ0v) is 19.8. The van der Waals surface area contributed by atoms with E-state index in [9.17, 15) is 17.2 Å². The maximum absolute atomic E-state index is 12.7. The van der Waals surface area contributed by atoms with Crippen molar-refractivity contribution in [3.63, 3.8) is 0 Å². The molecule has 0 unspecified atom stereocenters. The van der Waals surface area contributed by atoms with Crippen molar-refractivity contribution in [2.75, 3.05) is 45.1 Å². The van der Waals surface area contributed by atoms with Gasteiger partial charge in [0.25, 0.3) is 0 Å². The first kappa shape index (κ1) is 26.4. The number of halogens is 3. The van der Waals surface area contributed by atoms with Crippen molar-refractivity contribution in [1.29, 1.82) is 0 Å². The van der Waals surface area contributed by atoms with E-state index in [1.54, 1.807) is 6.07 Å². The van der Waals surface area contributed by atoms with E-state index in [1.165, 1.54) is 6.07 Å². The Kier molecular flexibility index (Phi) is 11.4. The van der Waals surface area contributed by atoms with Gasteiger partial charge in [-0.05, 0) is 13.0 Å². The average molecular weight is 565 g/mol. The minimum Gasteiger partial charge on any atom is -0.454 e. The second-order valence-corrected chi connectivity index (χ2v) is 8.32. The van der Waals surface area contributed by atoms with Crippen LogP contribution >= 0.6 is 24.0 Å². The predicted octanol–water partition coefficient (Wildman–Crippen LogP) is 1.75. The minimum absolute atomic E-state index is 0. The lowest BCUT2D eigenvalue weighted by Gasteiger charge is -2.13. The average Bonchev–Trinajstić information content (AvgIpc) is 3.08. The molecule has 1 aliphatic heterocycles. The molecule has 0 amide bonds. The third-order valence-corrected chi connectivity index (χ3v) is 4.57. The fraction of sp³-hybridized carbons (Fsp3) is 0.588. The number of rotatable bonds is 11. The quantitative estimate of drug-likeness (QED) is 0.181. The van der Waals surface area contributed by atoms with Gasteiger partial charge in [0.2, 0.25) is 6.79 Å². The van der Waals surface area contributed by atoms with Crippen LogP contribution in [-0.4, -0.2) is 66.1 Å². The van der Waals surface area contributed by atoms with Crippen molar-refractivity contribution in [3.05, 3.63) is 17.7 Å². The zero-order chi connectivity index (χ0) is 21.3. The van der Waals surface area contributed by atoms with Crippen molar-refractivity contribution in [2.24, 2.45) is 4.99 Å². The first-order chi connectivity index (χ1) is 13.8. The van der Waals surface area contributed by atoms with E-state index in [2.05, 4.69) is 20.4 Å². The fourth-order valence-electron chi connectivity index (χ4n) is 2.35. The molecule has 0 spiro atoms. The topological polar surface area (TPSA) is 107 Å². The monoisotopic (exact) mass is 565 g/mol. The molecule has 0 aromatic heterocycles. The molecule has 0 radical (unpaired) electrons. The molecule has 0 fully saturated rings. The molecule has 1 aliphatic rings. The third kappa shape index (κ3) is 9.47. The molecule has 1 aromatic carbocycles. The molecule has 13 heteroatoms. The maximum Gasteiger partial charge on any atom is 0.387 e. The lowest BCUT2D eigenvalue weighted by Crippen LogP contribution is -2.39. The molecule has 0 bridgehead atoms. The molecule has 172 valence electrons. The Morgan fingerprint density at radius 1 is 1.23 bits per heavy atom. The lowest BCUT2D eigenvalue weighted by atomic mass is 10.1. The van der Waals surface area contributed by atoms with Gasteiger partial charge in [-0.15, -0.1) is 24.0 Å². The summed E-state index contributed by atoms with van der Waals surface area (Å²) in [4.78, 5) is 4.36. The highest BCUT2D eigenvalue weighted by atomic mass is 127. The van der Waals surface area contributed by atoms with Gasteiger partial charge >= 0.3 is 6.61 Å². The number of fused-ring (bicyclic) bond motifs is 1. The van der Waals surface area contributed by atoms with Crippen LogP contribution < -0.4 is 24.8 Å². The highest BCUT2D eigenvalue weighted by Gasteiger charge is 2.20. The highest BCUT2D eigenvalue weighted by molar-refractivity contribution is 14.0. The standard InChI is InChI=1S/C17H25F2N3O6S.HI/c1-3-20-17(21-4-5-25-6-7-29(2,23)24)22-10-12-8-14-15(27-11-26-14)9-13(12)28-16(18)19;/h8-9,16H,3-7,10-11H2,1-2H3,(H2,20,21,22);1H. The van der Waals surface area contributed by atoms with Crippen molar-refractivity contribution in [1.82, 2.24) is 10.6 Å². The first-order valence-corrected chi connectivity index (χ1v) is 11.0. The fourth-order valence-corrected chi connectivity index (χ4v) is 2.78. The number of sulfone groups is 1. The smallest absolute Gasteiger partial charge is 0.387 e. The van der Waals surface area contributed by atoms with Crippen LogP contribution in [0.2, 0.25) is 0 Å². The number of benzene rings is 1. The largest absolute Gasteiger partial charge is 0.454 e. The van der Waals surface area contributed by atoms with Gasteiger partial charge in [0.05, 0.1) is 25.5 Å². The number of ether oxygens (including phenoxy) is 4. The van der Waals surface area contributed by atoms with E-state index in [4.69, 9.17) is 14.2 Å². The molecule has 1 aromatic rings. The Labute approximate surface area is 191 Å². The molecule has 2 rings (SSSR count). The molecular weight excluding hydrogens is 539 g/mol. The van der Waals surface area contributed by atoms with Crippen molar-refractivity contribution < 1.29 is 36.1 Å². The molecule has 0 atom stereocenters. The number of hydrogen-bond acceptors (Lipinski definition) is 7. The number of alkyl halides is 2. The summed E-state index contributed by atoms with van der Waals surface area (Å²) in [6.45, 7) is 0.338. The van der Waals surface area contributed by atoms with Gasteiger partial charge in [0.1, 0.15) is 15.6 Å². The molecule has 1 heterocycles. The summed E-state index contributed by atoms with van der Waals surface area (Å²) in [7, 11) is -3.06. The number of hydrogen-bond donors (Lipinski definition) is 2. The predicted molar refractivity (Wildman–Crippen MR) is 118 cm³/mol. The number of nitrogens with one attached hydrogen (secondary N) is 2. The summed E-state index contributed by atoms with van der Waals surface area (Å²) in [5.41, 5.74) is 0.413. The van der Waals surface area contributed by atoms with Crippen LogP contribution in [-0.2, 0) is 21.1 Å². The second kappa shape index (κ2) is 12.9. The maximum atomic E-state index is 12.7. The van der Waals surface area contributed by atoms with E-state index in [0.717, 1.165) is 6.26 Å². The molecule has 30 heavy (non-hydrogen) atoms. The van der Waals surface area contributed by atoms with Crippen LogP contribution in [0, 0.1) is 0 Å². The second-order valence-electron chi connectivity index (χ2n) is 6.06. The lowest BCUT2D eigenvalue weighted by molar-refractivity contribution is -0.0505. The van der Waals surface area contributed by atoms with Gasteiger partial charge < -0.3 is 29.6 Å². The number of guanidine groups is 1. The van der Waals surface area contributed by atoms with Crippen LogP contribution in [0.1, 0.15) is 12.5 Å². The normalized spacial score (nSPS) is 13.2. The Balaban J connectivity index is 0.00000450. The van der Waals surface area contributed by atoms with Crippen molar-refractivity contribution in [3.8, 4) is 17.2 Å². The summed E-state index contributed by atoms with van der Waals surface area (Å²) in [5, 5.41) is 6.04. The van der Waals surface area contributed by atoms with Crippen LogP contribution in [0.5, 0.6) is 17.2 Å². The van der Waals surface area contributed by atoms with Gasteiger partial charge in [-0.25, -0.2) is 13.4 Å². The van der Waals surface area contributed by atoms with E-state index in [-0.39, 0.29) is 62.0 Å². The molecular formula is C17H26F2IN3O6S. The molecule has 0 aliphatic carbocycles. The van der Waals surface area contributed by atoms with Crippen LogP contribution in [0.3, 0.4) is 0 Å². The zero-order valence-electron chi connectivity index (χ0n) is 16.7. The summed E-state index contributed by atoms with van der Waals surface area (Å²) in [5.74, 6) is 1.14. The SMILES string of the molecule is CCNC(=NCc1cc2c(cc1OC(F)F)OCO2)NCCOCCS(C)(=O)=O.I. The number of nitrogens with zero attached hydrogens (tertiary/aromatic N) is 1. The number of aliphatic imine (C=N–C) groups is 1. The summed E-state index contributed by atoms with van der Waals surface area (Å²) in [6.07, 6.45) is 1.15. The summed E-state index contributed by atoms with van der Waals surface area (Å²) >= 11 is 0. The Bertz CT molecular complexity index is 811. The Morgan fingerprint density at radius 2 is 1.93 bits per heavy atom. The van der Waals surface area contributed by atoms with Gasteiger partial charge in [0, 0.05) is 31.0 Å². The van der Waals surface area contributed by atoms with Crippen LogP contribution in [0.4, 0.5) is 8.78 Å². The van der Waals surface area contributed by atoms with Gasteiger partial charge in [-0.2, -0.15) is 8.78 Å². The minimum atomic E-state index is -3.06. The third-order valence-electron chi connectivity index (χ3n) is 3.66. The highest BCUT2D eigenvalue weighted by Crippen LogP contribution is 2.38. The van der Waals surface area contributed by atoms with Crippen molar-refractivity contribution >= 4 is 39.8 Å². The van der Waals surface area contributed by atoms with Crippen molar-refractivity contribution in [2.45, 2.75) is 20.1 Å². The van der Waals surface area contributed by atoms with Crippen LogP contribution in [0.15, 0.2) is 17.1 Å². The Morgan fingerprint density at radius 3 is 2.57 bits per heavy atom. The van der Waals surface area contributed by atoms with Gasteiger partial charge in [-0.1, -0.05) is 0 Å². The van der Waals surface area contributed by atoms with E-state index >= 15 is 0 Å². The molecule has 2 N–H and O–H groups in total. The van der Waals surface area contributed by atoms with E-state index < -0.39 is 16.4 Å². The van der Waals surface area contributed by atoms with E-state index in [1.807, 2.05) is 6.92 Å².